The van der Waals surface area contributed by atoms with Crippen LogP contribution in [0, 0.1) is 5.82 Å². The first-order chi connectivity index (χ1) is 5.79. The van der Waals surface area contributed by atoms with E-state index in [2.05, 4.69) is 0 Å². The molecule has 0 aliphatic rings. The van der Waals surface area contributed by atoms with Gasteiger partial charge in [0.05, 0.1) is 5.88 Å². The van der Waals surface area contributed by atoms with Crippen LogP contribution in [0.1, 0.15) is 5.76 Å². The molecule has 12 heavy (non-hydrogen) atoms. The van der Waals surface area contributed by atoms with Gasteiger partial charge in [0.2, 0.25) is 0 Å². The van der Waals surface area contributed by atoms with Gasteiger partial charge in [-0.3, -0.25) is 0 Å². The van der Waals surface area contributed by atoms with Crippen molar-refractivity contribution < 1.29 is 8.81 Å². The molecule has 1 heterocycles. The highest BCUT2D eigenvalue weighted by Crippen LogP contribution is 2.21. The van der Waals surface area contributed by atoms with Crippen molar-refractivity contribution in [1.29, 1.82) is 0 Å². The second-order valence-corrected chi connectivity index (χ2v) is 2.80. The summed E-state index contributed by atoms with van der Waals surface area (Å²) in [6.45, 7) is 0. The summed E-state index contributed by atoms with van der Waals surface area (Å²) < 4.78 is 17.9. The summed E-state index contributed by atoms with van der Waals surface area (Å²) >= 11 is 5.55. The predicted octanol–water partition coefficient (Wildman–Crippen LogP) is 3.31. The Bertz CT molecular complexity index is 408. The van der Waals surface area contributed by atoms with Crippen LogP contribution < -0.4 is 0 Å². The van der Waals surface area contributed by atoms with Crippen LogP contribution in [0.2, 0.25) is 0 Å². The molecule has 1 aromatic heterocycles. The normalized spacial score (nSPS) is 10.8. The molecule has 0 unspecified atom stereocenters. The molecule has 2 aromatic rings. The minimum absolute atomic E-state index is 0.294. The molecule has 0 fully saturated rings. The highest BCUT2D eigenvalue weighted by molar-refractivity contribution is 6.17. The molecule has 3 heteroatoms. The monoisotopic (exact) mass is 184 g/mol. The Morgan fingerprint density at radius 1 is 1.33 bits per heavy atom. The molecular weight excluding hydrogens is 179 g/mol. The molecule has 0 radical (unpaired) electrons. The highest BCUT2D eigenvalue weighted by atomic mass is 35.5. The van der Waals surface area contributed by atoms with Crippen LogP contribution in [0.3, 0.4) is 0 Å². The van der Waals surface area contributed by atoms with Crippen molar-refractivity contribution >= 4 is 22.6 Å². The van der Waals surface area contributed by atoms with E-state index in [0.29, 0.717) is 17.2 Å². The van der Waals surface area contributed by atoms with Crippen molar-refractivity contribution in [2.24, 2.45) is 0 Å². The second-order valence-electron chi connectivity index (χ2n) is 2.53. The minimum atomic E-state index is -0.294. The average Bonchev–Trinajstić information content (AvgIpc) is 2.46. The zero-order valence-corrected chi connectivity index (χ0v) is 6.94. The smallest absolute Gasteiger partial charge is 0.137 e. The SMILES string of the molecule is Fc1ccc2cc(CCl)oc2c1. The summed E-state index contributed by atoms with van der Waals surface area (Å²) in [7, 11) is 0. The number of hydrogen-bond acceptors (Lipinski definition) is 1. The maximum absolute atomic E-state index is 12.7. The van der Waals surface area contributed by atoms with Gasteiger partial charge >= 0.3 is 0 Å². The zero-order chi connectivity index (χ0) is 8.55. The van der Waals surface area contributed by atoms with E-state index in [9.17, 15) is 4.39 Å². The molecule has 0 spiro atoms. The first-order valence-corrected chi connectivity index (χ1v) is 4.07. The molecule has 62 valence electrons. The van der Waals surface area contributed by atoms with Crippen molar-refractivity contribution in [3.63, 3.8) is 0 Å². The van der Waals surface area contributed by atoms with Gasteiger partial charge in [-0.25, -0.2) is 4.39 Å². The van der Waals surface area contributed by atoms with E-state index >= 15 is 0 Å². The van der Waals surface area contributed by atoms with Gasteiger partial charge in [-0.15, -0.1) is 11.6 Å². The molecule has 0 amide bonds. The van der Waals surface area contributed by atoms with Gasteiger partial charge in [-0.05, 0) is 18.2 Å². The van der Waals surface area contributed by atoms with Crippen LogP contribution in [0.5, 0.6) is 0 Å². The van der Waals surface area contributed by atoms with Gasteiger partial charge in [-0.1, -0.05) is 0 Å². The van der Waals surface area contributed by atoms with E-state index in [1.807, 2.05) is 6.07 Å². The summed E-state index contributed by atoms with van der Waals surface area (Å²) in [6.07, 6.45) is 0. The fourth-order valence-corrected chi connectivity index (χ4v) is 1.26. The molecule has 0 aliphatic carbocycles. The van der Waals surface area contributed by atoms with E-state index in [4.69, 9.17) is 16.0 Å². The lowest BCUT2D eigenvalue weighted by atomic mass is 10.2. The zero-order valence-electron chi connectivity index (χ0n) is 6.18. The fraction of sp³-hybridized carbons (Fsp3) is 0.111. The highest BCUT2D eigenvalue weighted by Gasteiger charge is 2.02. The standard InChI is InChI=1S/C9H6ClFO/c10-5-8-3-6-1-2-7(11)4-9(6)12-8/h1-4H,5H2. The number of alkyl halides is 1. The third kappa shape index (κ3) is 1.18. The van der Waals surface area contributed by atoms with Crippen molar-refractivity contribution in [2.75, 3.05) is 0 Å². The van der Waals surface area contributed by atoms with Crippen LogP contribution in [-0.4, -0.2) is 0 Å². The Labute approximate surface area is 73.7 Å². The van der Waals surface area contributed by atoms with Crippen LogP contribution >= 0.6 is 11.6 Å². The lowest BCUT2D eigenvalue weighted by Gasteiger charge is -1.86. The van der Waals surface area contributed by atoms with Crippen molar-refractivity contribution in [2.45, 2.75) is 5.88 Å². The van der Waals surface area contributed by atoms with Gasteiger partial charge in [0.15, 0.2) is 0 Å². The first kappa shape index (κ1) is 7.62. The Morgan fingerprint density at radius 2 is 2.17 bits per heavy atom. The van der Waals surface area contributed by atoms with Gasteiger partial charge in [-0.2, -0.15) is 0 Å². The van der Waals surface area contributed by atoms with Gasteiger partial charge in [0.1, 0.15) is 17.2 Å². The quantitative estimate of drug-likeness (QED) is 0.620. The Balaban J connectivity index is 2.67. The second kappa shape index (κ2) is 2.79. The van der Waals surface area contributed by atoms with Gasteiger partial charge < -0.3 is 4.42 Å². The maximum atomic E-state index is 12.7. The van der Waals surface area contributed by atoms with Crippen LogP contribution in [0.4, 0.5) is 4.39 Å². The number of benzene rings is 1. The largest absolute Gasteiger partial charge is 0.460 e. The molecule has 1 aromatic carbocycles. The van der Waals surface area contributed by atoms with E-state index < -0.39 is 0 Å². The average molecular weight is 185 g/mol. The molecule has 0 N–H and O–H groups in total. The summed E-state index contributed by atoms with van der Waals surface area (Å²) in [5.74, 6) is 0.686. The first-order valence-electron chi connectivity index (χ1n) is 3.53. The fourth-order valence-electron chi connectivity index (χ4n) is 1.13. The summed E-state index contributed by atoms with van der Waals surface area (Å²) in [4.78, 5) is 0. The summed E-state index contributed by atoms with van der Waals surface area (Å²) in [5, 5.41) is 0.882. The molecular formula is C9H6ClFO. The third-order valence-electron chi connectivity index (χ3n) is 1.66. The Morgan fingerprint density at radius 3 is 2.92 bits per heavy atom. The number of hydrogen-bond donors (Lipinski definition) is 0. The molecule has 2 rings (SSSR count). The molecule has 0 aliphatic heterocycles. The van der Waals surface area contributed by atoms with E-state index in [1.54, 1.807) is 6.07 Å². The van der Waals surface area contributed by atoms with Crippen molar-refractivity contribution in [3.8, 4) is 0 Å². The molecule has 0 saturated heterocycles. The number of fused-ring (bicyclic) bond motifs is 1. The van der Waals surface area contributed by atoms with Crippen LogP contribution in [-0.2, 0) is 5.88 Å². The van der Waals surface area contributed by atoms with Crippen LogP contribution in [0.15, 0.2) is 28.7 Å². The minimum Gasteiger partial charge on any atom is -0.460 e. The summed E-state index contributed by atoms with van der Waals surface area (Å²) in [5.41, 5.74) is 0.547. The molecule has 0 bridgehead atoms. The number of furan rings is 1. The van der Waals surface area contributed by atoms with E-state index in [0.717, 1.165) is 5.39 Å². The maximum Gasteiger partial charge on any atom is 0.137 e. The lowest BCUT2D eigenvalue weighted by molar-refractivity contribution is 0.566. The van der Waals surface area contributed by atoms with Crippen molar-refractivity contribution in [3.05, 3.63) is 35.8 Å². The van der Waals surface area contributed by atoms with Gasteiger partial charge in [0, 0.05) is 11.5 Å². The van der Waals surface area contributed by atoms with Gasteiger partial charge in [0.25, 0.3) is 0 Å². The molecule has 0 atom stereocenters. The molecule has 0 saturated carbocycles. The van der Waals surface area contributed by atoms with Crippen molar-refractivity contribution in [1.82, 2.24) is 0 Å². The van der Waals surface area contributed by atoms with Crippen LogP contribution in [0.25, 0.3) is 11.0 Å². The molecule has 1 nitrogen and oxygen atoms in total. The van der Waals surface area contributed by atoms with E-state index in [1.165, 1.54) is 12.1 Å². The predicted molar refractivity (Wildman–Crippen MR) is 45.7 cm³/mol. The summed E-state index contributed by atoms with van der Waals surface area (Å²) in [6, 6.07) is 6.23. The Hall–Kier alpha value is -1.02. The number of rotatable bonds is 1. The third-order valence-corrected chi connectivity index (χ3v) is 1.93. The number of halogens is 2. The Kier molecular flexibility index (Phi) is 1.77. The lowest BCUT2D eigenvalue weighted by Crippen LogP contribution is -1.68. The topological polar surface area (TPSA) is 13.1 Å². The van der Waals surface area contributed by atoms with E-state index in [-0.39, 0.29) is 5.82 Å².